The molecule has 3 heteroatoms. The van der Waals surface area contributed by atoms with Gasteiger partial charge < -0.3 is 5.32 Å². The van der Waals surface area contributed by atoms with Crippen molar-refractivity contribution < 1.29 is 4.79 Å². The Balaban J connectivity index is 2.51. The van der Waals surface area contributed by atoms with E-state index >= 15 is 0 Å². The fourth-order valence-corrected chi connectivity index (χ4v) is 1.91. The molecule has 18 heavy (non-hydrogen) atoms. The van der Waals surface area contributed by atoms with Gasteiger partial charge in [0.2, 0.25) is 5.91 Å². The van der Waals surface area contributed by atoms with E-state index in [0.29, 0.717) is 12.3 Å². The summed E-state index contributed by atoms with van der Waals surface area (Å²) in [5.74, 6) is 0.463. The molecule has 0 aromatic heterocycles. The van der Waals surface area contributed by atoms with E-state index in [9.17, 15) is 4.79 Å². The van der Waals surface area contributed by atoms with Crippen LogP contribution in [0.1, 0.15) is 45.2 Å². The second-order valence-electron chi connectivity index (χ2n) is 5.75. The monoisotopic (exact) mass is 267 g/mol. The molecule has 1 aromatic rings. The first-order valence-electron chi connectivity index (χ1n) is 6.32. The molecule has 1 rings (SSSR count). The number of carbonyl (C=O) groups is 1. The van der Waals surface area contributed by atoms with Gasteiger partial charge in [0.15, 0.2) is 0 Å². The van der Waals surface area contributed by atoms with Gasteiger partial charge >= 0.3 is 0 Å². The lowest BCUT2D eigenvalue weighted by molar-refractivity contribution is -0.122. The smallest absolute Gasteiger partial charge is 0.220 e. The highest BCUT2D eigenvalue weighted by atomic mass is 35.5. The number of carbonyl (C=O) groups excluding carboxylic acids is 1. The van der Waals surface area contributed by atoms with E-state index in [2.05, 4.69) is 26.1 Å². The summed E-state index contributed by atoms with van der Waals surface area (Å²) in [6.07, 6.45) is 1.42. The predicted molar refractivity (Wildman–Crippen MR) is 76.7 cm³/mol. The van der Waals surface area contributed by atoms with Crippen LogP contribution in [0.15, 0.2) is 30.3 Å². The number of hydrogen-bond donors (Lipinski definition) is 1. The minimum absolute atomic E-state index is 0.0689. The Labute approximate surface area is 115 Å². The van der Waals surface area contributed by atoms with Crippen LogP contribution in [0.25, 0.3) is 0 Å². The van der Waals surface area contributed by atoms with Crippen molar-refractivity contribution in [2.45, 2.75) is 39.7 Å². The zero-order valence-corrected chi connectivity index (χ0v) is 12.1. The number of amides is 1. The fourth-order valence-electron chi connectivity index (χ4n) is 1.65. The number of nitrogens with one attached hydrogen (secondary N) is 1. The Morgan fingerprint density at radius 2 is 1.89 bits per heavy atom. The highest BCUT2D eigenvalue weighted by Crippen LogP contribution is 2.21. The van der Waals surface area contributed by atoms with Gasteiger partial charge in [-0.15, -0.1) is 11.6 Å². The normalized spacial score (nSPS) is 13.1. The van der Waals surface area contributed by atoms with Crippen LogP contribution in [0.3, 0.4) is 0 Å². The minimum atomic E-state index is -0.0969. The molecule has 1 amide bonds. The van der Waals surface area contributed by atoms with Gasteiger partial charge in [-0.3, -0.25) is 4.79 Å². The molecule has 0 saturated carbocycles. The van der Waals surface area contributed by atoms with E-state index in [1.807, 2.05) is 30.3 Å². The second-order valence-corrected chi connectivity index (χ2v) is 6.05. The number of hydrogen-bond acceptors (Lipinski definition) is 1. The molecule has 100 valence electrons. The van der Waals surface area contributed by atoms with E-state index in [0.717, 1.165) is 12.0 Å². The summed E-state index contributed by atoms with van der Waals surface area (Å²) in [5, 5.41) is 2.98. The second kappa shape index (κ2) is 6.79. The first kappa shape index (κ1) is 15.0. The van der Waals surface area contributed by atoms with Crippen LogP contribution in [0.5, 0.6) is 0 Å². The van der Waals surface area contributed by atoms with Gasteiger partial charge in [0.05, 0.1) is 6.04 Å². The van der Waals surface area contributed by atoms with Crippen molar-refractivity contribution in [3.63, 3.8) is 0 Å². The quantitative estimate of drug-likeness (QED) is 0.806. The summed E-state index contributed by atoms with van der Waals surface area (Å²) in [4.78, 5) is 11.9. The van der Waals surface area contributed by atoms with E-state index in [4.69, 9.17) is 11.6 Å². The molecular formula is C15H22ClNO. The maximum Gasteiger partial charge on any atom is 0.220 e. The third-order valence-corrected chi connectivity index (χ3v) is 3.10. The summed E-state index contributed by atoms with van der Waals surface area (Å²) in [7, 11) is 0. The highest BCUT2D eigenvalue weighted by molar-refractivity contribution is 6.18. The average molecular weight is 268 g/mol. The van der Waals surface area contributed by atoms with Gasteiger partial charge in [-0.2, -0.15) is 0 Å². The van der Waals surface area contributed by atoms with Gasteiger partial charge in [0.1, 0.15) is 0 Å². The maximum atomic E-state index is 11.9. The molecule has 0 aliphatic rings. The average Bonchev–Trinajstić information content (AvgIpc) is 2.33. The molecule has 1 unspecified atom stereocenters. The number of halogens is 1. The Bertz CT molecular complexity index is 370. The van der Waals surface area contributed by atoms with Gasteiger partial charge in [-0.25, -0.2) is 0 Å². The van der Waals surface area contributed by atoms with Crippen LogP contribution >= 0.6 is 11.6 Å². The van der Waals surface area contributed by atoms with Gasteiger partial charge in [-0.1, -0.05) is 51.1 Å². The molecule has 1 aromatic carbocycles. The largest absolute Gasteiger partial charge is 0.348 e. The zero-order valence-electron chi connectivity index (χ0n) is 11.4. The predicted octanol–water partition coefficient (Wildman–Crippen LogP) is 3.91. The summed E-state index contributed by atoms with van der Waals surface area (Å²) < 4.78 is 0. The SMILES string of the molecule is CC(C)(C)CCC(=O)NC(CCl)c1ccccc1. The molecule has 0 saturated heterocycles. The Morgan fingerprint density at radius 1 is 1.28 bits per heavy atom. The first-order chi connectivity index (χ1) is 8.42. The molecule has 0 spiro atoms. The fraction of sp³-hybridized carbons (Fsp3) is 0.533. The van der Waals surface area contributed by atoms with E-state index in [1.54, 1.807) is 0 Å². The minimum Gasteiger partial charge on any atom is -0.348 e. The molecule has 0 aliphatic carbocycles. The molecule has 0 bridgehead atoms. The molecule has 0 fully saturated rings. The molecule has 2 nitrogen and oxygen atoms in total. The Morgan fingerprint density at radius 3 is 2.39 bits per heavy atom. The van der Waals surface area contributed by atoms with Crippen molar-refractivity contribution in [1.82, 2.24) is 5.32 Å². The lowest BCUT2D eigenvalue weighted by Crippen LogP contribution is -2.30. The van der Waals surface area contributed by atoms with Crippen LogP contribution in [-0.2, 0) is 4.79 Å². The van der Waals surface area contributed by atoms with Gasteiger partial charge in [0.25, 0.3) is 0 Å². The first-order valence-corrected chi connectivity index (χ1v) is 6.86. The molecule has 0 radical (unpaired) electrons. The number of alkyl halides is 1. The topological polar surface area (TPSA) is 29.1 Å². The Kier molecular flexibility index (Phi) is 5.67. The maximum absolute atomic E-state index is 11.9. The van der Waals surface area contributed by atoms with Gasteiger partial charge in [0, 0.05) is 12.3 Å². The summed E-state index contributed by atoms with van der Waals surface area (Å²) >= 11 is 5.92. The lowest BCUT2D eigenvalue weighted by atomic mass is 9.90. The van der Waals surface area contributed by atoms with Gasteiger partial charge in [-0.05, 0) is 17.4 Å². The van der Waals surface area contributed by atoms with Crippen LogP contribution in [0, 0.1) is 5.41 Å². The van der Waals surface area contributed by atoms with Crippen molar-refractivity contribution in [2.75, 3.05) is 5.88 Å². The van der Waals surface area contributed by atoms with Crippen molar-refractivity contribution in [2.24, 2.45) is 5.41 Å². The molecule has 1 N–H and O–H groups in total. The Hall–Kier alpha value is -1.02. The standard InChI is InChI=1S/C15H22ClNO/c1-15(2,3)10-9-14(18)17-13(11-16)12-7-5-4-6-8-12/h4-8,13H,9-11H2,1-3H3,(H,17,18). The summed E-state index contributed by atoms with van der Waals surface area (Å²) in [6.45, 7) is 6.41. The van der Waals surface area contributed by atoms with Crippen molar-refractivity contribution in [3.8, 4) is 0 Å². The van der Waals surface area contributed by atoms with Crippen molar-refractivity contribution >= 4 is 17.5 Å². The summed E-state index contributed by atoms with van der Waals surface area (Å²) in [5.41, 5.74) is 1.23. The number of benzene rings is 1. The van der Waals surface area contributed by atoms with Crippen molar-refractivity contribution in [3.05, 3.63) is 35.9 Å². The van der Waals surface area contributed by atoms with Crippen LogP contribution in [0.4, 0.5) is 0 Å². The summed E-state index contributed by atoms with van der Waals surface area (Å²) in [6, 6.07) is 9.73. The van der Waals surface area contributed by atoms with Crippen molar-refractivity contribution in [1.29, 1.82) is 0 Å². The molecule has 0 heterocycles. The van der Waals surface area contributed by atoms with E-state index in [1.165, 1.54) is 0 Å². The molecule has 1 atom stereocenters. The van der Waals surface area contributed by atoms with Crippen LogP contribution in [-0.4, -0.2) is 11.8 Å². The molecule has 0 aliphatic heterocycles. The highest BCUT2D eigenvalue weighted by Gasteiger charge is 2.16. The lowest BCUT2D eigenvalue weighted by Gasteiger charge is -2.20. The third kappa shape index (κ3) is 5.54. The zero-order chi connectivity index (χ0) is 13.6. The molecular weight excluding hydrogens is 246 g/mol. The number of rotatable bonds is 5. The van der Waals surface area contributed by atoms with Crippen LogP contribution in [0.2, 0.25) is 0 Å². The van der Waals surface area contributed by atoms with E-state index < -0.39 is 0 Å². The third-order valence-electron chi connectivity index (χ3n) is 2.79. The van der Waals surface area contributed by atoms with E-state index in [-0.39, 0.29) is 17.4 Å². The van der Waals surface area contributed by atoms with Crippen LogP contribution < -0.4 is 5.32 Å².